The summed E-state index contributed by atoms with van der Waals surface area (Å²) in [6.07, 6.45) is 8.19. The number of hydrogen-bond donors (Lipinski definition) is 2. The summed E-state index contributed by atoms with van der Waals surface area (Å²) in [5.41, 5.74) is 5.30. The van der Waals surface area contributed by atoms with Crippen LogP contribution in [0.15, 0.2) is 54.9 Å². The lowest BCUT2D eigenvalue weighted by molar-refractivity contribution is 0.0941. The third-order valence-corrected chi connectivity index (χ3v) is 6.20. The highest BCUT2D eigenvalue weighted by Gasteiger charge is 2.25. The van der Waals surface area contributed by atoms with Crippen LogP contribution in [0.5, 0.6) is 5.75 Å². The fourth-order valence-electron chi connectivity index (χ4n) is 4.60. The largest absolute Gasteiger partial charge is 0.496 e. The molecular formula is C25H26N4O2. The Hall–Kier alpha value is -3.54. The first-order chi connectivity index (χ1) is 15.2. The van der Waals surface area contributed by atoms with E-state index in [9.17, 15) is 4.79 Å². The zero-order valence-electron chi connectivity index (χ0n) is 17.8. The fraction of sp³-hybridized carbons (Fsp3) is 0.280. The van der Waals surface area contributed by atoms with E-state index in [1.807, 2.05) is 60.3 Å². The van der Waals surface area contributed by atoms with Crippen LogP contribution in [0, 0.1) is 0 Å². The number of hydrogen-bond acceptors (Lipinski definition) is 3. The highest BCUT2D eigenvalue weighted by Crippen LogP contribution is 2.31. The predicted molar refractivity (Wildman–Crippen MR) is 120 cm³/mol. The van der Waals surface area contributed by atoms with Crippen LogP contribution < -0.4 is 10.1 Å². The zero-order valence-corrected chi connectivity index (χ0v) is 17.8. The van der Waals surface area contributed by atoms with Crippen molar-refractivity contribution < 1.29 is 9.53 Å². The average Bonchev–Trinajstić information content (AvgIpc) is 3.40. The summed E-state index contributed by atoms with van der Waals surface area (Å²) < 4.78 is 7.49. The minimum atomic E-state index is -0.431. The molecule has 4 aromatic rings. The van der Waals surface area contributed by atoms with Crippen molar-refractivity contribution >= 4 is 16.8 Å². The highest BCUT2D eigenvalue weighted by atomic mass is 16.5. The van der Waals surface area contributed by atoms with Crippen LogP contribution in [0.3, 0.4) is 0 Å². The molecule has 5 rings (SSSR count). The number of methoxy groups -OCH3 is 1. The molecule has 2 N–H and O–H groups in total. The summed E-state index contributed by atoms with van der Waals surface area (Å²) in [5, 5.41) is 4.35. The van der Waals surface area contributed by atoms with Gasteiger partial charge in [-0.2, -0.15) is 0 Å². The Morgan fingerprint density at radius 3 is 2.84 bits per heavy atom. The Kier molecular flexibility index (Phi) is 4.98. The van der Waals surface area contributed by atoms with Crippen molar-refractivity contribution in [3.8, 4) is 5.75 Å². The second kappa shape index (κ2) is 7.95. The number of para-hydroxylation sites is 1. The number of rotatable bonds is 5. The van der Waals surface area contributed by atoms with E-state index in [1.165, 1.54) is 24.1 Å². The third-order valence-electron chi connectivity index (χ3n) is 6.20. The Labute approximate surface area is 181 Å². The lowest BCUT2D eigenvalue weighted by atomic mass is 9.95. The molecule has 6 heteroatoms. The van der Waals surface area contributed by atoms with Gasteiger partial charge in [-0.3, -0.25) is 4.79 Å². The Morgan fingerprint density at radius 1 is 1.19 bits per heavy atom. The normalized spacial score (nSPS) is 14.3. The van der Waals surface area contributed by atoms with Gasteiger partial charge >= 0.3 is 0 Å². The lowest BCUT2D eigenvalue weighted by Crippen LogP contribution is -2.31. The number of ether oxygens (including phenoxy) is 1. The molecule has 0 radical (unpaired) electrons. The Morgan fingerprint density at radius 2 is 2.03 bits per heavy atom. The second-order valence-electron chi connectivity index (χ2n) is 8.09. The molecule has 0 saturated heterocycles. The predicted octanol–water partition coefficient (Wildman–Crippen LogP) is 4.31. The molecule has 158 valence electrons. The maximum absolute atomic E-state index is 13.4. The van der Waals surface area contributed by atoms with Gasteiger partial charge in [-0.25, -0.2) is 4.98 Å². The fourth-order valence-corrected chi connectivity index (χ4v) is 4.60. The van der Waals surface area contributed by atoms with Crippen molar-refractivity contribution in [1.29, 1.82) is 0 Å². The van der Waals surface area contributed by atoms with Crippen LogP contribution in [0.1, 0.15) is 51.9 Å². The zero-order chi connectivity index (χ0) is 21.4. The van der Waals surface area contributed by atoms with Gasteiger partial charge in [0.1, 0.15) is 17.6 Å². The number of carbonyl (C=O) groups is 1. The van der Waals surface area contributed by atoms with Crippen LogP contribution in [-0.2, 0) is 19.9 Å². The number of amides is 1. The smallest absolute Gasteiger partial charge is 0.252 e. The third kappa shape index (κ3) is 3.48. The first kappa shape index (κ1) is 19.4. The molecule has 0 fully saturated rings. The number of carbonyl (C=O) groups excluding carboxylic acids is 1. The number of aryl methyl sites for hydroxylation is 3. The van der Waals surface area contributed by atoms with Crippen LogP contribution >= 0.6 is 0 Å². The van der Waals surface area contributed by atoms with Crippen molar-refractivity contribution in [2.24, 2.45) is 7.05 Å². The van der Waals surface area contributed by atoms with E-state index in [2.05, 4.69) is 15.3 Å². The molecule has 0 spiro atoms. The molecule has 2 heterocycles. The minimum Gasteiger partial charge on any atom is -0.496 e. The van der Waals surface area contributed by atoms with Gasteiger partial charge < -0.3 is 19.6 Å². The van der Waals surface area contributed by atoms with Crippen molar-refractivity contribution in [2.75, 3.05) is 7.11 Å². The molecular weight excluding hydrogens is 388 g/mol. The Bertz CT molecular complexity index is 1250. The van der Waals surface area contributed by atoms with Gasteiger partial charge in [-0.15, -0.1) is 0 Å². The van der Waals surface area contributed by atoms with E-state index in [4.69, 9.17) is 4.74 Å². The van der Waals surface area contributed by atoms with E-state index in [-0.39, 0.29) is 5.91 Å². The van der Waals surface area contributed by atoms with E-state index in [0.717, 1.165) is 35.1 Å². The van der Waals surface area contributed by atoms with Crippen molar-refractivity contribution in [3.05, 3.63) is 83.1 Å². The number of H-pyrrole nitrogens is 1. The van der Waals surface area contributed by atoms with Crippen molar-refractivity contribution in [2.45, 2.75) is 31.7 Å². The summed E-state index contributed by atoms with van der Waals surface area (Å²) in [4.78, 5) is 21.4. The summed E-state index contributed by atoms with van der Waals surface area (Å²) in [7, 11) is 3.56. The van der Waals surface area contributed by atoms with Gasteiger partial charge in [0.15, 0.2) is 0 Å². The van der Waals surface area contributed by atoms with E-state index in [1.54, 1.807) is 13.3 Å². The highest BCUT2D eigenvalue weighted by molar-refractivity contribution is 5.99. The van der Waals surface area contributed by atoms with E-state index in [0.29, 0.717) is 11.3 Å². The molecule has 0 saturated carbocycles. The maximum atomic E-state index is 13.4. The van der Waals surface area contributed by atoms with Gasteiger partial charge in [0.25, 0.3) is 5.91 Å². The average molecular weight is 415 g/mol. The Balaban J connectivity index is 1.52. The summed E-state index contributed by atoms with van der Waals surface area (Å²) in [5.74, 6) is 1.33. The molecule has 1 aliphatic carbocycles. The van der Waals surface area contributed by atoms with E-state index >= 15 is 0 Å². The molecule has 6 nitrogen and oxygen atoms in total. The first-order valence-corrected chi connectivity index (χ1v) is 10.7. The number of nitrogens with zero attached hydrogens (tertiary/aromatic N) is 2. The SMILES string of the molecule is COc1ccccc1C(NC(=O)c1ccc2[nH]c3c(c2c1)CCCC3)c1nccn1C. The number of benzene rings is 2. The van der Waals surface area contributed by atoms with Crippen molar-refractivity contribution in [3.63, 3.8) is 0 Å². The van der Waals surface area contributed by atoms with E-state index < -0.39 is 6.04 Å². The standard InChI is InChI=1S/C25H26N4O2/c1-29-14-13-26-24(29)23(18-8-4-6-10-22(18)31-2)28-25(30)16-11-12-21-19(15-16)17-7-3-5-9-20(17)27-21/h4,6,8,10-15,23,27H,3,5,7,9H2,1-2H3,(H,28,30). The maximum Gasteiger partial charge on any atom is 0.252 e. The van der Waals surface area contributed by atoms with Crippen LogP contribution in [0.4, 0.5) is 0 Å². The minimum absolute atomic E-state index is 0.133. The quantitative estimate of drug-likeness (QED) is 0.511. The summed E-state index contributed by atoms with van der Waals surface area (Å²) in [6.45, 7) is 0. The molecule has 2 aromatic heterocycles. The van der Waals surface area contributed by atoms with Crippen LogP contribution in [0.2, 0.25) is 0 Å². The van der Waals surface area contributed by atoms with Crippen molar-refractivity contribution in [1.82, 2.24) is 19.9 Å². The number of aromatic amines is 1. The van der Waals surface area contributed by atoms with Gasteiger partial charge in [0, 0.05) is 47.2 Å². The lowest BCUT2D eigenvalue weighted by Gasteiger charge is -2.21. The summed E-state index contributed by atoms with van der Waals surface area (Å²) in [6, 6.07) is 13.2. The van der Waals surface area contributed by atoms with Gasteiger partial charge in [0.2, 0.25) is 0 Å². The van der Waals surface area contributed by atoms with Gasteiger partial charge in [0.05, 0.1) is 7.11 Å². The number of aromatic nitrogens is 3. The second-order valence-corrected chi connectivity index (χ2v) is 8.09. The number of fused-ring (bicyclic) bond motifs is 3. The molecule has 2 aromatic carbocycles. The number of nitrogens with one attached hydrogen (secondary N) is 2. The van der Waals surface area contributed by atoms with Gasteiger partial charge in [-0.1, -0.05) is 18.2 Å². The van der Waals surface area contributed by atoms with Crippen LogP contribution in [-0.4, -0.2) is 27.6 Å². The van der Waals surface area contributed by atoms with Crippen LogP contribution in [0.25, 0.3) is 10.9 Å². The topological polar surface area (TPSA) is 71.9 Å². The molecule has 0 bridgehead atoms. The summed E-state index contributed by atoms with van der Waals surface area (Å²) >= 11 is 0. The molecule has 1 aliphatic rings. The molecule has 1 unspecified atom stereocenters. The molecule has 1 amide bonds. The molecule has 1 atom stereocenters. The molecule has 31 heavy (non-hydrogen) atoms. The molecule has 0 aliphatic heterocycles. The monoisotopic (exact) mass is 414 g/mol. The first-order valence-electron chi connectivity index (χ1n) is 10.7. The van der Waals surface area contributed by atoms with Gasteiger partial charge in [-0.05, 0) is 55.5 Å². The number of imidazole rings is 1.